The molecule has 0 aliphatic heterocycles. The molecule has 0 radical (unpaired) electrons. The highest BCUT2D eigenvalue weighted by molar-refractivity contribution is 7.17. The van der Waals surface area contributed by atoms with E-state index in [0.717, 1.165) is 19.4 Å². The summed E-state index contributed by atoms with van der Waals surface area (Å²) >= 11 is 1.75. The first-order valence-electron chi connectivity index (χ1n) is 6.28. The van der Waals surface area contributed by atoms with Crippen molar-refractivity contribution in [3.05, 3.63) is 35.2 Å². The largest absolute Gasteiger partial charge is 0.352 e. The van der Waals surface area contributed by atoms with E-state index in [1.807, 2.05) is 0 Å². The molecule has 0 atom stereocenters. The van der Waals surface area contributed by atoms with Crippen molar-refractivity contribution >= 4 is 27.3 Å². The van der Waals surface area contributed by atoms with Crippen LogP contribution in [0.1, 0.15) is 18.4 Å². The van der Waals surface area contributed by atoms with Gasteiger partial charge in [0.25, 0.3) is 0 Å². The summed E-state index contributed by atoms with van der Waals surface area (Å²) in [5.41, 5.74) is 1.27. The van der Waals surface area contributed by atoms with E-state index >= 15 is 0 Å². The minimum absolute atomic E-state index is 0.108. The zero-order valence-electron chi connectivity index (χ0n) is 10.1. The Balaban J connectivity index is 1.54. The average Bonchev–Trinajstić information content (AvgIpc) is 3.09. The lowest BCUT2D eigenvalue weighted by Crippen LogP contribution is -2.34. The molecule has 3 nitrogen and oxygen atoms in total. The molecular formula is C14H16N2OS. The van der Waals surface area contributed by atoms with Gasteiger partial charge in [0.15, 0.2) is 0 Å². The molecule has 94 valence electrons. The summed E-state index contributed by atoms with van der Waals surface area (Å²) in [5, 5.41) is 9.63. The normalized spacial score (nSPS) is 14.9. The fraction of sp³-hybridized carbons (Fsp3) is 0.357. The van der Waals surface area contributed by atoms with E-state index < -0.39 is 0 Å². The lowest BCUT2D eigenvalue weighted by molar-refractivity contribution is -0.120. The van der Waals surface area contributed by atoms with Crippen LogP contribution in [-0.2, 0) is 11.3 Å². The Morgan fingerprint density at radius 2 is 2.17 bits per heavy atom. The van der Waals surface area contributed by atoms with E-state index in [4.69, 9.17) is 0 Å². The van der Waals surface area contributed by atoms with Crippen molar-refractivity contribution in [3.8, 4) is 0 Å². The molecule has 1 saturated carbocycles. The van der Waals surface area contributed by atoms with Crippen LogP contribution in [0.15, 0.2) is 29.6 Å². The molecule has 4 heteroatoms. The molecule has 1 heterocycles. The van der Waals surface area contributed by atoms with Gasteiger partial charge in [0.05, 0.1) is 6.54 Å². The monoisotopic (exact) mass is 260 g/mol. The van der Waals surface area contributed by atoms with Crippen LogP contribution in [0.4, 0.5) is 0 Å². The number of rotatable bonds is 5. The third-order valence-electron chi connectivity index (χ3n) is 3.10. The van der Waals surface area contributed by atoms with Crippen LogP contribution in [-0.4, -0.2) is 18.5 Å². The topological polar surface area (TPSA) is 41.1 Å². The van der Waals surface area contributed by atoms with Gasteiger partial charge in [0.2, 0.25) is 5.91 Å². The third kappa shape index (κ3) is 2.71. The van der Waals surface area contributed by atoms with Crippen molar-refractivity contribution in [1.82, 2.24) is 10.6 Å². The third-order valence-corrected chi connectivity index (χ3v) is 4.12. The van der Waals surface area contributed by atoms with Gasteiger partial charge >= 0.3 is 0 Å². The fourth-order valence-electron chi connectivity index (χ4n) is 1.99. The summed E-state index contributed by atoms with van der Waals surface area (Å²) in [5.74, 6) is 0.108. The molecule has 2 aromatic rings. The first-order valence-corrected chi connectivity index (χ1v) is 7.16. The summed E-state index contributed by atoms with van der Waals surface area (Å²) < 4.78 is 1.30. The number of fused-ring (bicyclic) bond motifs is 1. The van der Waals surface area contributed by atoms with E-state index in [9.17, 15) is 4.79 Å². The predicted octanol–water partition coefficient (Wildman–Crippen LogP) is 2.27. The number of carbonyl (C=O) groups is 1. The SMILES string of the molecule is O=C(CNCc1csc2ccccc12)NC1CC1. The summed E-state index contributed by atoms with van der Waals surface area (Å²) in [6, 6.07) is 8.81. The molecule has 2 N–H and O–H groups in total. The van der Waals surface area contributed by atoms with Crippen LogP contribution in [0.25, 0.3) is 10.1 Å². The average molecular weight is 260 g/mol. The van der Waals surface area contributed by atoms with Crippen molar-refractivity contribution in [2.24, 2.45) is 0 Å². The Bertz CT molecular complexity index is 560. The Morgan fingerprint density at radius 1 is 1.33 bits per heavy atom. The van der Waals surface area contributed by atoms with Gasteiger partial charge in [-0.3, -0.25) is 4.79 Å². The van der Waals surface area contributed by atoms with Gasteiger partial charge in [0.1, 0.15) is 0 Å². The van der Waals surface area contributed by atoms with Crippen molar-refractivity contribution in [2.45, 2.75) is 25.4 Å². The molecule has 1 fully saturated rings. The molecule has 1 aromatic heterocycles. The molecule has 1 aliphatic rings. The summed E-state index contributed by atoms with van der Waals surface area (Å²) in [7, 11) is 0. The summed E-state index contributed by atoms with van der Waals surface area (Å²) in [6.07, 6.45) is 2.28. The van der Waals surface area contributed by atoms with Crippen LogP contribution in [0, 0.1) is 0 Å². The lowest BCUT2D eigenvalue weighted by atomic mass is 10.2. The van der Waals surface area contributed by atoms with E-state index in [-0.39, 0.29) is 5.91 Å². The van der Waals surface area contributed by atoms with E-state index in [2.05, 4.69) is 40.3 Å². The van der Waals surface area contributed by atoms with Gasteiger partial charge < -0.3 is 10.6 Å². The number of nitrogens with one attached hydrogen (secondary N) is 2. The summed E-state index contributed by atoms with van der Waals surface area (Å²) in [6.45, 7) is 1.16. The fourth-order valence-corrected chi connectivity index (χ4v) is 2.95. The van der Waals surface area contributed by atoms with Crippen LogP contribution in [0.3, 0.4) is 0 Å². The highest BCUT2D eigenvalue weighted by Gasteiger charge is 2.22. The molecule has 3 rings (SSSR count). The van der Waals surface area contributed by atoms with Crippen LogP contribution >= 0.6 is 11.3 Å². The van der Waals surface area contributed by atoms with E-state index in [1.165, 1.54) is 15.6 Å². The zero-order chi connectivity index (χ0) is 12.4. The molecule has 1 aromatic carbocycles. The quantitative estimate of drug-likeness (QED) is 0.866. The first-order chi connectivity index (χ1) is 8.83. The smallest absolute Gasteiger partial charge is 0.234 e. The maximum Gasteiger partial charge on any atom is 0.234 e. The minimum atomic E-state index is 0.108. The zero-order valence-corrected chi connectivity index (χ0v) is 10.9. The lowest BCUT2D eigenvalue weighted by Gasteiger charge is -2.05. The standard InChI is InChI=1S/C14H16N2OS/c17-14(16-11-5-6-11)8-15-7-10-9-18-13-4-2-1-3-12(10)13/h1-4,9,11,15H,5-8H2,(H,16,17). The number of hydrogen-bond donors (Lipinski definition) is 2. The Kier molecular flexibility index (Phi) is 3.30. The van der Waals surface area contributed by atoms with Crippen LogP contribution in [0.5, 0.6) is 0 Å². The maximum atomic E-state index is 11.5. The van der Waals surface area contributed by atoms with Gasteiger partial charge in [0, 0.05) is 17.3 Å². The summed E-state index contributed by atoms with van der Waals surface area (Å²) in [4.78, 5) is 11.5. The maximum absolute atomic E-state index is 11.5. The second-order valence-corrected chi connectivity index (χ2v) is 5.61. The Labute approximate surface area is 110 Å². The van der Waals surface area contributed by atoms with Gasteiger partial charge in [-0.05, 0) is 35.2 Å². The van der Waals surface area contributed by atoms with E-state index in [1.54, 1.807) is 11.3 Å². The van der Waals surface area contributed by atoms with Crippen molar-refractivity contribution < 1.29 is 4.79 Å². The first kappa shape index (κ1) is 11.7. The van der Waals surface area contributed by atoms with Gasteiger partial charge in [-0.2, -0.15) is 0 Å². The molecule has 1 amide bonds. The highest BCUT2D eigenvalue weighted by Crippen LogP contribution is 2.25. The molecule has 0 saturated heterocycles. The van der Waals surface area contributed by atoms with Crippen LogP contribution < -0.4 is 10.6 Å². The van der Waals surface area contributed by atoms with Gasteiger partial charge in [-0.1, -0.05) is 18.2 Å². The molecule has 0 bridgehead atoms. The number of benzene rings is 1. The Morgan fingerprint density at radius 3 is 3.00 bits per heavy atom. The number of carbonyl (C=O) groups excluding carboxylic acids is 1. The van der Waals surface area contributed by atoms with Crippen molar-refractivity contribution in [1.29, 1.82) is 0 Å². The highest BCUT2D eigenvalue weighted by atomic mass is 32.1. The van der Waals surface area contributed by atoms with Crippen molar-refractivity contribution in [2.75, 3.05) is 6.54 Å². The minimum Gasteiger partial charge on any atom is -0.352 e. The van der Waals surface area contributed by atoms with Crippen LogP contribution in [0.2, 0.25) is 0 Å². The predicted molar refractivity (Wildman–Crippen MR) is 74.7 cm³/mol. The number of hydrogen-bond acceptors (Lipinski definition) is 3. The molecular weight excluding hydrogens is 244 g/mol. The second-order valence-electron chi connectivity index (χ2n) is 4.70. The molecule has 1 aliphatic carbocycles. The van der Waals surface area contributed by atoms with E-state index in [0.29, 0.717) is 12.6 Å². The number of thiophene rings is 1. The molecule has 0 unspecified atom stereocenters. The van der Waals surface area contributed by atoms with Crippen molar-refractivity contribution in [3.63, 3.8) is 0 Å². The molecule has 0 spiro atoms. The number of amides is 1. The Hall–Kier alpha value is -1.39. The second kappa shape index (κ2) is 5.08. The van der Waals surface area contributed by atoms with Gasteiger partial charge in [-0.15, -0.1) is 11.3 Å². The molecule has 18 heavy (non-hydrogen) atoms. The van der Waals surface area contributed by atoms with Gasteiger partial charge in [-0.25, -0.2) is 0 Å².